The molecule has 1 aliphatic rings. The third-order valence-electron chi connectivity index (χ3n) is 3.39. The van der Waals surface area contributed by atoms with Crippen LogP contribution in [0, 0.1) is 6.92 Å². The summed E-state index contributed by atoms with van der Waals surface area (Å²) in [6.07, 6.45) is 4.77. The lowest BCUT2D eigenvalue weighted by atomic mass is 10.2. The van der Waals surface area contributed by atoms with Crippen molar-refractivity contribution < 1.29 is 0 Å². The van der Waals surface area contributed by atoms with E-state index in [9.17, 15) is 0 Å². The van der Waals surface area contributed by atoms with Crippen LogP contribution in [-0.2, 0) is 12.8 Å². The molecular formula is C14H19N3S2. The Bertz CT molecular complexity index is 537. The lowest BCUT2D eigenvalue weighted by Gasteiger charge is -2.13. The average molecular weight is 293 g/mol. The molecule has 0 spiro atoms. The molecule has 5 heteroatoms. The quantitative estimate of drug-likeness (QED) is 0.917. The molecule has 2 heterocycles. The van der Waals surface area contributed by atoms with Gasteiger partial charge in [0.2, 0.25) is 0 Å². The van der Waals surface area contributed by atoms with Gasteiger partial charge in [-0.15, -0.1) is 22.7 Å². The van der Waals surface area contributed by atoms with E-state index in [2.05, 4.69) is 29.5 Å². The minimum Gasteiger partial charge on any atom is -0.303 e. The number of aryl methyl sites for hydroxylation is 3. The largest absolute Gasteiger partial charge is 0.303 e. The Hall–Kier alpha value is -0.780. The number of hydrogen-bond acceptors (Lipinski definition) is 5. The molecule has 0 fully saturated rings. The summed E-state index contributed by atoms with van der Waals surface area (Å²) in [5, 5.41) is 8.08. The highest BCUT2D eigenvalue weighted by atomic mass is 32.1. The van der Waals surface area contributed by atoms with Crippen LogP contribution in [0.5, 0.6) is 0 Å². The zero-order valence-corrected chi connectivity index (χ0v) is 13.0. The van der Waals surface area contributed by atoms with Crippen LogP contribution >= 0.6 is 22.7 Å². The van der Waals surface area contributed by atoms with E-state index in [-0.39, 0.29) is 6.04 Å². The lowest BCUT2D eigenvalue weighted by molar-refractivity contribution is 0.584. The van der Waals surface area contributed by atoms with Crippen LogP contribution in [-0.4, -0.2) is 16.5 Å². The molecule has 3 rings (SSSR count). The summed E-state index contributed by atoms with van der Waals surface area (Å²) < 4.78 is 0. The van der Waals surface area contributed by atoms with E-state index in [0.717, 1.165) is 30.1 Å². The molecule has 0 radical (unpaired) electrons. The van der Waals surface area contributed by atoms with Gasteiger partial charge in [0.25, 0.3) is 0 Å². The Balaban J connectivity index is 1.89. The third-order valence-corrected chi connectivity index (χ3v) is 5.40. The van der Waals surface area contributed by atoms with E-state index >= 15 is 0 Å². The van der Waals surface area contributed by atoms with Gasteiger partial charge < -0.3 is 5.32 Å². The molecule has 0 aromatic carbocycles. The minimum atomic E-state index is 0.181. The molecule has 1 N–H and O–H groups in total. The van der Waals surface area contributed by atoms with Gasteiger partial charge in [0, 0.05) is 10.3 Å². The predicted octanol–water partition coefficient (Wildman–Crippen LogP) is 3.49. The van der Waals surface area contributed by atoms with Crippen LogP contribution in [0.25, 0.3) is 0 Å². The number of rotatable bonds is 5. The Morgan fingerprint density at radius 2 is 2.26 bits per heavy atom. The van der Waals surface area contributed by atoms with Crippen LogP contribution < -0.4 is 5.32 Å². The summed E-state index contributed by atoms with van der Waals surface area (Å²) in [6.45, 7) is 5.26. The molecule has 0 aliphatic heterocycles. The van der Waals surface area contributed by atoms with Gasteiger partial charge in [0.1, 0.15) is 11.0 Å². The predicted molar refractivity (Wildman–Crippen MR) is 81.1 cm³/mol. The van der Waals surface area contributed by atoms with E-state index in [1.807, 2.05) is 11.3 Å². The van der Waals surface area contributed by atoms with E-state index in [4.69, 9.17) is 4.98 Å². The molecule has 0 bridgehead atoms. The molecule has 2 aromatic heterocycles. The standard InChI is InChI=1S/C14H19N3S2/c1-3-7-15-13(11-8-18-9(2)16-11)14-17-10-5-4-6-12(10)19-14/h8,13,15H,3-7H2,1-2H3. The number of hydrogen-bond donors (Lipinski definition) is 1. The lowest BCUT2D eigenvalue weighted by Crippen LogP contribution is -2.23. The Morgan fingerprint density at radius 3 is 2.95 bits per heavy atom. The van der Waals surface area contributed by atoms with Gasteiger partial charge in [0.15, 0.2) is 0 Å². The summed E-state index contributed by atoms with van der Waals surface area (Å²) in [6, 6.07) is 0.181. The first-order chi connectivity index (χ1) is 9.28. The average Bonchev–Trinajstić information content (AvgIpc) is 3.05. The maximum Gasteiger partial charge on any atom is 0.116 e. The molecule has 1 unspecified atom stereocenters. The summed E-state index contributed by atoms with van der Waals surface area (Å²) in [5.41, 5.74) is 2.46. The molecule has 0 saturated carbocycles. The fourth-order valence-corrected chi connectivity index (χ4v) is 4.33. The smallest absolute Gasteiger partial charge is 0.116 e. The van der Waals surface area contributed by atoms with Crippen molar-refractivity contribution in [1.29, 1.82) is 0 Å². The van der Waals surface area contributed by atoms with Gasteiger partial charge in [-0.2, -0.15) is 0 Å². The van der Waals surface area contributed by atoms with Crippen LogP contribution in [0.4, 0.5) is 0 Å². The van der Waals surface area contributed by atoms with Gasteiger partial charge in [-0.3, -0.25) is 0 Å². The van der Waals surface area contributed by atoms with Gasteiger partial charge >= 0.3 is 0 Å². The van der Waals surface area contributed by atoms with Crippen LogP contribution in [0.3, 0.4) is 0 Å². The fourth-order valence-electron chi connectivity index (χ4n) is 2.45. The van der Waals surface area contributed by atoms with Gasteiger partial charge in [-0.05, 0) is 39.2 Å². The number of fused-ring (bicyclic) bond motifs is 1. The molecule has 102 valence electrons. The van der Waals surface area contributed by atoms with Gasteiger partial charge in [-0.1, -0.05) is 6.92 Å². The fraction of sp³-hybridized carbons (Fsp3) is 0.571. The van der Waals surface area contributed by atoms with Crippen molar-refractivity contribution in [2.45, 2.75) is 45.6 Å². The van der Waals surface area contributed by atoms with Crippen LogP contribution in [0.15, 0.2) is 5.38 Å². The first kappa shape index (κ1) is 13.2. The zero-order valence-electron chi connectivity index (χ0n) is 11.4. The molecule has 2 aromatic rings. The van der Waals surface area contributed by atoms with Gasteiger partial charge in [0.05, 0.1) is 16.4 Å². The molecule has 1 atom stereocenters. The Morgan fingerprint density at radius 1 is 1.37 bits per heavy atom. The second kappa shape index (κ2) is 5.69. The highest BCUT2D eigenvalue weighted by Gasteiger charge is 2.24. The van der Waals surface area contributed by atoms with E-state index in [1.54, 1.807) is 11.3 Å². The van der Waals surface area contributed by atoms with Crippen molar-refractivity contribution in [3.05, 3.63) is 31.7 Å². The normalized spacial score (nSPS) is 15.7. The monoisotopic (exact) mass is 293 g/mol. The summed E-state index contributed by atoms with van der Waals surface area (Å²) in [7, 11) is 0. The highest BCUT2D eigenvalue weighted by molar-refractivity contribution is 7.12. The number of nitrogens with zero attached hydrogens (tertiary/aromatic N) is 2. The Kier molecular flexibility index (Phi) is 3.96. The first-order valence-corrected chi connectivity index (χ1v) is 8.61. The topological polar surface area (TPSA) is 37.8 Å². The van der Waals surface area contributed by atoms with Crippen LogP contribution in [0.2, 0.25) is 0 Å². The Labute approximate surface area is 122 Å². The highest BCUT2D eigenvalue weighted by Crippen LogP contribution is 2.33. The van der Waals surface area contributed by atoms with Crippen molar-refractivity contribution in [2.75, 3.05) is 6.54 Å². The molecular weight excluding hydrogens is 274 g/mol. The van der Waals surface area contributed by atoms with Crippen molar-refractivity contribution in [3.63, 3.8) is 0 Å². The second-order valence-electron chi connectivity index (χ2n) is 4.95. The molecule has 0 saturated heterocycles. The van der Waals surface area contributed by atoms with Crippen molar-refractivity contribution >= 4 is 22.7 Å². The first-order valence-electron chi connectivity index (χ1n) is 6.91. The van der Waals surface area contributed by atoms with Gasteiger partial charge in [-0.25, -0.2) is 9.97 Å². The minimum absolute atomic E-state index is 0.181. The summed E-state index contributed by atoms with van der Waals surface area (Å²) >= 11 is 3.59. The summed E-state index contributed by atoms with van der Waals surface area (Å²) in [4.78, 5) is 11.0. The summed E-state index contributed by atoms with van der Waals surface area (Å²) in [5.74, 6) is 0. The van der Waals surface area contributed by atoms with E-state index < -0.39 is 0 Å². The van der Waals surface area contributed by atoms with Crippen LogP contribution in [0.1, 0.15) is 52.1 Å². The number of aromatic nitrogens is 2. The molecule has 1 aliphatic carbocycles. The number of thiazole rings is 2. The molecule has 3 nitrogen and oxygen atoms in total. The molecule has 19 heavy (non-hydrogen) atoms. The zero-order chi connectivity index (χ0) is 13.2. The van der Waals surface area contributed by atoms with Crippen molar-refractivity contribution in [2.24, 2.45) is 0 Å². The maximum atomic E-state index is 4.85. The van der Waals surface area contributed by atoms with Crippen molar-refractivity contribution in [1.82, 2.24) is 15.3 Å². The third kappa shape index (κ3) is 2.73. The SMILES string of the molecule is CCCNC(c1csc(C)n1)c1nc2c(s1)CCC2. The second-order valence-corrected chi connectivity index (χ2v) is 7.13. The maximum absolute atomic E-state index is 4.85. The number of nitrogens with one attached hydrogen (secondary N) is 1. The van der Waals surface area contributed by atoms with Crippen molar-refractivity contribution in [3.8, 4) is 0 Å². The molecule has 0 amide bonds. The van der Waals surface area contributed by atoms with E-state index in [0.29, 0.717) is 0 Å². The van der Waals surface area contributed by atoms with E-state index in [1.165, 1.54) is 28.4 Å².